The second kappa shape index (κ2) is 15.1. The second-order valence-electron chi connectivity index (χ2n) is 10.5. The van der Waals surface area contributed by atoms with Gasteiger partial charge < -0.3 is 10.2 Å². The number of benzene rings is 2. The highest BCUT2D eigenvalue weighted by Crippen LogP contribution is 2.25. The number of anilines is 1. The Labute approximate surface area is 249 Å². The number of nitrogens with zero attached hydrogens (tertiary/aromatic N) is 2. The molecule has 10 heteroatoms. The summed E-state index contributed by atoms with van der Waals surface area (Å²) in [5.41, 5.74) is 2.37. The van der Waals surface area contributed by atoms with Crippen molar-refractivity contribution in [3.8, 4) is 0 Å². The molecular formula is C30H41Cl2N3O4S. The van der Waals surface area contributed by atoms with Crippen LogP contribution >= 0.6 is 23.2 Å². The molecule has 1 fully saturated rings. The second-order valence-corrected chi connectivity index (χ2v) is 13.2. The van der Waals surface area contributed by atoms with Gasteiger partial charge in [-0.25, -0.2) is 8.42 Å². The number of carbonyl (C=O) groups is 2. The molecule has 0 aliphatic heterocycles. The summed E-state index contributed by atoms with van der Waals surface area (Å²) in [5.74, 6) is -0.395. The average Bonchev–Trinajstić information content (AvgIpc) is 2.92. The minimum atomic E-state index is -3.55. The molecule has 1 atom stereocenters. The van der Waals surface area contributed by atoms with Gasteiger partial charge in [0.2, 0.25) is 21.8 Å². The normalized spacial score (nSPS) is 14.9. The van der Waals surface area contributed by atoms with Crippen molar-refractivity contribution >= 4 is 50.7 Å². The minimum Gasteiger partial charge on any atom is -0.352 e. The van der Waals surface area contributed by atoms with Crippen LogP contribution < -0.4 is 9.62 Å². The Hall–Kier alpha value is -2.29. The predicted octanol–water partition coefficient (Wildman–Crippen LogP) is 6.36. The number of nitrogens with one attached hydrogen (secondary N) is 1. The van der Waals surface area contributed by atoms with Crippen molar-refractivity contribution < 1.29 is 18.0 Å². The van der Waals surface area contributed by atoms with E-state index in [1.165, 1.54) is 17.0 Å². The first kappa shape index (κ1) is 32.2. The number of sulfonamides is 1. The van der Waals surface area contributed by atoms with Crippen LogP contribution in [0.5, 0.6) is 0 Å². The Kier molecular flexibility index (Phi) is 12.2. The van der Waals surface area contributed by atoms with Gasteiger partial charge in [-0.2, -0.15) is 0 Å². The fraction of sp³-hybridized carbons (Fsp3) is 0.533. The SMILES string of the molecule is CCc1ccc(N(CCCC(=O)N(Cc2ccc(Cl)cc2Cl)[C@H](CC)C(=O)NC2CCCCC2)S(C)(=O)=O)cc1. The zero-order chi connectivity index (χ0) is 29.3. The maximum Gasteiger partial charge on any atom is 0.243 e. The molecule has 2 amide bonds. The van der Waals surface area contributed by atoms with E-state index in [1.807, 2.05) is 26.0 Å². The third-order valence-corrected chi connectivity index (χ3v) is 9.26. The van der Waals surface area contributed by atoms with Crippen molar-refractivity contribution in [3.63, 3.8) is 0 Å². The molecule has 2 aromatic carbocycles. The van der Waals surface area contributed by atoms with E-state index < -0.39 is 16.1 Å². The summed E-state index contributed by atoms with van der Waals surface area (Å²) in [5, 5.41) is 4.08. The molecule has 0 radical (unpaired) electrons. The third kappa shape index (κ3) is 9.11. The minimum absolute atomic E-state index is 0.0808. The van der Waals surface area contributed by atoms with E-state index in [9.17, 15) is 18.0 Å². The van der Waals surface area contributed by atoms with E-state index in [0.717, 1.165) is 37.7 Å². The van der Waals surface area contributed by atoms with Crippen molar-refractivity contribution in [2.24, 2.45) is 0 Å². The molecule has 0 aromatic heterocycles. The van der Waals surface area contributed by atoms with Gasteiger partial charge in [0, 0.05) is 35.6 Å². The van der Waals surface area contributed by atoms with Crippen LogP contribution in [0.2, 0.25) is 10.0 Å². The molecule has 40 heavy (non-hydrogen) atoms. The smallest absolute Gasteiger partial charge is 0.243 e. The van der Waals surface area contributed by atoms with Gasteiger partial charge in [-0.05, 0) is 67.5 Å². The largest absolute Gasteiger partial charge is 0.352 e. The summed E-state index contributed by atoms with van der Waals surface area (Å²) in [6.07, 6.45) is 8.08. The van der Waals surface area contributed by atoms with Gasteiger partial charge in [0.05, 0.1) is 11.9 Å². The predicted molar refractivity (Wildman–Crippen MR) is 163 cm³/mol. The molecule has 0 heterocycles. The summed E-state index contributed by atoms with van der Waals surface area (Å²) in [4.78, 5) is 28.7. The van der Waals surface area contributed by atoms with Gasteiger partial charge in [0.15, 0.2) is 0 Å². The molecule has 220 valence electrons. The molecule has 1 N–H and O–H groups in total. The van der Waals surface area contributed by atoms with Gasteiger partial charge in [-0.3, -0.25) is 13.9 Å². The number of aryl methyl sites for hydroxylation is 1. The number of hydrogen-bond donors (Lipinski definition) is 1. The molecule has 7 nitrogen and oxygen atoms in total. The molecule has 1 aliphatic carbocycles. The first-order chi connectivity index (χ1) is 19.0. The van der Waals surface area contributed by atoms with Crippen LogP contribution in [-0.4, -0.2) is 50.0 Å². The lowest BCUT2D eigenvalue weighted by molar-refractivity contribution is -0.141. The van der Waals surface area contributed by atoms with Crippen LogP contribution in [0.15, 0.2) is 42.5 Å². The Bertz CT molecular complexity index is 1250. The van der Waals surface area contributed by atoms with E-state index >= 15 is 0 Å². The summed E-state index contributed by atoms with van der Waals surface area (Å²) in [6.45, 7) is 4.23. The summed E-state index contributed by atoms with van der Waals surface area (Å²) >= 11 is 12.5. The fourth-order valence-electron chi connectivity index (χ4n) is 5.20. The van der Waals surface area contributed by atoms with Crippen molar-refractivity contribution in [3.05, 3.63) is 63.6 Å². The molecule has 0 unspecified atom stereocenters. The topological polar surface area (TPSA) is 86.8 Å². The molecular weight excluding hydrogens is 569 g/mol. The summed E-state index contributed by atoms with van der Waals surface area (Å²) < 4.78 is 26.5. The standard InChI is InChI=1S/C30H41Cl2N3O4S/c1-4-22-13-17-26(18-14-22)35(40(3,38)39)19-9-12-29(36)34(21-23-15-16-24(31)20-27(23)32)28(5-2)30(37)33-25-10-7-6-8-11-25/h13-18,20,25,28H,4-12,19,21H2,1-3H3,(H,33,37)/t28-/m1/s1. The van der Waals surface area contributed by atoms with Crippen LogP contribution in [0.25, 0.3) is 0 Å². The van der Waals surface area contributed by atoms with Gasteiger partial charge in [-0.1, -0.05) is 74.5 Å². The molecule has 3 rings (SSSR count). The highest BCUT2D eigenvalue weighted by atomic mass is 35.5. The molecule has 1 saturated carbocycles. The summed E-state index contributed by atoms with van der Waals surface area (Å²) in [7, 11) is -3.55. The van der Waals surface area contributed by atoms with Gasteiger partial charge in [0.25, 0.3) is 0 Å². The van der Waals surface area contributed by atoms with Crippen molar-refractivity contribution in [1.82, 2.24) is 10.2 Å². The molecule has 0 saturated heterocycles. The zero-order valence-electron chi connectivity index (χ0n) is 23.7. The monoisotopic (exact) mass is 609 g/mol. The van der Waals surface area contributed by atoms with Crippen LogP contribution in [0.3, 0.4) is 0 Å². The van der Waals surface area contributed by atoms with E-state index in [4.69, 9.17) is 23.2 Å². The highest BCUT2D eigenvalue weighted by Gasteiger charge is 2.31. The Morgan fingerprint density at radius 2 is 1.70 bits per heavy atom. The maximum absolute atomic E-state index is 13.7. The van der Waals surface area contributed by atoms with E-state index in [1.54, 1.807) is 35.2 Å². The third-order valence-electron chi connectivity index (χ3n) is 7.48. The zero-order valence-corrected chi connectivity index (χ0v) is 26.0. The van der Waals surface area contributed by atoms with E-state index in [0.29, 0.717) is 34.1 Å². The number of hydrogen-bond acceptors (Lipinski definition) is 4. The van der Waals surface area contributed by atoms with Crippen molar-refractivity contribution in [1.29, 1.82) is 0 Å². The Balaban J connectivity index is 1.78. The van der Waals surface area contributed by atoms with Gasteiger partial charge in [-0.15, -0.1) is 0 Å². The Morgan fingerprint density at radius 3 is 2.27 bits per heavy atom. The lowest BCUT2D eigenvalue weighted by atomic mass is 9.95. The number of carbonyl (C=O) groups excluding carboxylic acids is 2. The number of rotatable bonds is 13. The lowest BCUT2D eigenvalue weighted by Gasteiger charge is -2.33. The van der Waals surface area contributed by atoms with Gasteiger partial charge >= 0.3 is 0 Å². The lowest BCUT2D eigenvalue weighted by Crippen LogP contribution is -2.51. The first-order valence-corrected chi connectivity index (χ1v) is 16.7. The molecule has 1 aliphatic rings. The Morgan fingerprint density at radius 1 is 1.02 bits per heavy atom. The molecule has 0 bridgehead atoms. The average molecular weight is 611 g/mol. The maximum atomic E-state index is 13.7. The van der Waals surface area contributed by atoms with Crippen LogP contribution in [0.4, 0.5) is 5.69 Å². The summed E-state index contributed by atoms with van der Waals surface area (Å²) in [6, 6.07) is 11.9. The highest BCUT2D eigenvalue weighted by molar-refractivity contribution is 7.92. The van der Waals surface area contributed by atoms with Crippen LogP contribution in [0, 0.1) is 0 Å². The number of halogens is 2. The van der Waals surface area contributed by atoms with E-state index in [-0.39, 0.29) is 37.4 Å². The fourth-order valence-corrected chi connectivity index (χ4v) is 6.63. The van der Waals surface area contributed by atoms with E-state index in [2.05, 4.69) is 5.32 Å². The van der Waals surface area contributed by atoms with Crippen LogP contribution in [-0.2, 0) is 32.6 Å². The number of amides is 2. The molecule has 0 spiro atoms. The first-order valence-electron chi connectivity index (χ1n) is 14.1. The van der Waals surface area contributed by atoms with Gasteiger partial charge in [0.1, 0.15) is 6.04 Å². The van der Waals surface area contributed by atoms with Crippen LogP contribution in [0.1, 0.15) is 76.3 Å². The van der Waals surface area contributed by atoms with Crippen molar-refractivity contribution in [2.45, 2.75) is 90.3 Å². The molecule has 2 aromatic rings. The quantitative estimate of drug-likeness (QED) is 0.286. The van der Waals surface area contributed by atoms with Crippen molar-refractivity contribution in [2.75, 3.05) is 17.1 Å².